The fraction of sp³-hybridized carbons (Fsp3) is 0.143. The van der Waals surface area contributed by atoms with E-state index in [0.29, 0.717) is 12.1 Å². The maximum atomic E-state index is 12.5. The van der Waals surface area contributed by atoms with Crippen LogP contribution in [-0.2, 0) is 6.42 Å². The second-order valence-corrected chi connectivity index (χ2v) is 5.62. The molecule has 0 bridgehead atoms. The molecule has 24 heavy (non-hydrogen) atoms. The molecule has 0 radical (unpaired) electrons. The third-order valence-electron chi connectivity index (χ3n) is 4.03. The smallest absolute Gasteiger partial charge is 0.252 e. The molecule has 1 N–H and O–H groups in total. The van der Waals surface area contributed by atoms with E-state index in [4.69, 9.17) is 4.98 Å². The summed E-state index contributed by atoms with van der Waals surface area (Å²) in [6.45, 7) is 6.21. The maximum Gasteiger partial charge on any atom is 0.252 e. The van der Waals surface area contributed by atoms with E-state index in [1.807, 2.05) is 30.3 Å². The third-order valence-corrected chi connectivity index (χ3v) is 4.03. The number of aromatic nitrogens is 1. The van der Waals surface area contributed by atoms with Crippen molar-refractivity contribution in [2.24, 2.45) is 0 Å². The van der Waals surface area contributed by atoms with Crippen molar-refractivity contribution in [1.82, 2.24) is 10.3 Å². The third kappa shape index (κ3) is 3.20. The van der Waals surface area contributed by atoms with Crippen LogP contribution in [0.5, 0.6) is 0 Å². The highest BCUT2D eigenvalue weighted by molar-refractivity contribution is 6.07. The van der Waals surface area contributed by atoms with Crippen LogP contribution >= 0.6 is 0 Å². The van der Waals surface area contributed by atoms with Crippen molar-refractivity contribution in [1.29, 1.82) is 0 Å². The SMILES string of the molecule is C=CCNC(=O)c1cc(-c2ccc(CC)cc2)nc2ccccc12. The predicted octanol–water partition coefficient (Wildman–Crippen LogP) is 4.38. The number of para-hydroxylation sites is 1. The van der Waals surface area contributed by atoms with Gasteiger partial charge in [0, 0.05) is 17.5 Å². The van der Waals surface area contributed by atoms with Gasteiger partial charge in [-0.05, 0) is 24.1 Å². The minimum absolute atomic E-state index is 0.111. The summed E-state index contributed by atoms with van der Waals surface area (Å²) in [4.78, 5) is 17.2. The van der Waals surface area contributed by atoms with Gasteiger partial charge < -0.3 is 5.32 Å². The molecule has 3 rings (SSSR count). The maximum absolute atomic E-state index is 12.5. The highest BCUT2D eigenvalue weighted by Gasteiger charge is 2.13. The van der Waals surface area contributed by atoms with E-state index in [0.717, 1.165) is 28.6 Å². The van der Waals surface area contributed by atoms with Crippen molar-refractivity contribution < 1.29 is 4.79 Å². The van der Waals surface area contributed by atoms with E-state index >= 15 is 0 Å². The second kappa shape index (κ2) is 7.09. The highest BCUT2D eigenvalue weighted by Crippen LogP contribution is 2.25. The van der Waals surface area contributed by atoms with E-state index in [2.05, 4.69) is 43.1 Å². The van der Waals surface area contributed by atoms with Crippen molar-refractivity contribution in [2.45, 2.75) is 13.3 Å². The number of aryl methyl sites for hydroxylation is 1. The number of nitrogens with one attached hydrogen (secondary N) is 1. The van der Waals surface area contributed by atoms with Crippen LogP contribution in [0.1, 0.15) is 22.8 Å². The number of hydrogen-bond acceptors (Lipinski definition) is 2. The molecule has 1 heterocycles. The zero-order chi connectivity index (χ0) is 16.9. The minimum Gasteiger partial charge on any atom is -0.349 e. The number of carbonyl (C=O) groups is 1. The van der Waals surface area contributed by atoms with Crippen LogP contribution in [0.3, 0.4) is 0 Å². The van der Waals surface area contributed by atoms with Gasteiger partial charge in [0.1, 0.15) is 0 Å². The van der Waals surface area contributed by atoms with Crippen molar-refractivity contribution in [3.63, 3.8) is 0 Å². The zero-order valence-electron chi connectivity index (χ0n) is 13.8. The summed E-state index contributed by atoms with van der Waals surface area (Å²) < 4.78 is 0. The number of amides is 1. The summed E-state index contributed by atoms with van der Waals surface area (Å²) in [6, 6.07) is 17.9. The molecule has 1 amide bonds. The Balaban J connectivity index is 2.11. The second-order valence-electron chi connectivity index (χ2n) is 5.62. The van der Waals surface area contributed by atoms with Gasteiger partial charge in [-0.15, -0.1) is 6.58 Å². The topological polar surface area (TPSA) is 42.0 Å². The number of pyridine rings is 1. The normalized spacial score (nSPS) is 10.5. The molecular formula is C21H20N2O. The van der Waals surface area contributed by atoms with Crippen LogP contribution in [-0.4, -0.2) is 17.4 Å². The molecule has 3 nitrogen and oxygen atoms in total. The molecule has 0 aliphatic rings. The van der Waals surface area contributed by atoms with Gasteiger partial charge in [0.15, 0.2) is 0 Å². The van der Waals surface area contributed by atoms with Crippen molar-refractivity contribution >= 4 is 16.8 Å². The molecule has 3 aromatic rings. The van der Waals surface area contributed by atoms with Crippen molar-refractivity contribution in [2.75, 3.05) is 6.54 Å². The molecule has 0 fully saturated rings. The molecule has 0 spiro atoms. The van der Waals surface area contributed by atoms with Gasteiger partial charge in [-0.25, -0.2) is 4.98 Å². The summed E-state index contributed by atoms with van der Waals surface area (Å²) in [7, 11) is 0. The first-order valence-corrected chi connectivity index (χ1v) is 8.11. The molecule has 0 atom stereocenters. The summed E-state index contributed by atoms with van der Waals surface area (Å²) in [6.07, 6.45) is 2.67. The van der Waals surface area contributed by atoms with Crippen molar-refractivity contribution in [3.05, 3.63) is 78.4 Å². The Bertz CT molecular complexity index is 882. The molecular weight excluding hydrogens is 296 g/mol. The molecule has 0 aliphatic carbocycles. The first-order chi connectivity index (χ1) is 11.7. The summed E-state index contributed by atoms with van der Waals surface area (Å²) >= 11 is 0. The van der Waals surface area contributed by atoms with Gasteiger partial charge in [-0.3, -0.25) is 4.79 Å². The zero-order valence-corrected chi connectivity index (χ0v) is 13.8. The predicted molar refractivity (Wildman–Crippen MR) is 99.1 cm³/mol. The van der Waals surface area contributed by atoms with E-state index in [1.54, 1.807) is 6.08 Å². The average Bonchev–Trinajstić information content (AvgIpc) is 2.65. The van der Waals surface area contributed by atoms with E-state index in [1.165, 1.54) is 5.56 Å². The lowest BCUT2D eigenvalue weighted by atomic mass is 10.0. The van der Waals surface area contributed by atoms with Gasteiger partial charge in [0.25, 0.3) is 5.91 Å². The number of rotatable bonds is 5. The molecule has 0 saturated heterocycles. The molecule has 120 valence electrons. The lowest BCUT2D eigenvalue weighted by Gasteiger charge is -2.10. The average molecular weight is 316 g/mol. The fourth-order valence-corrected chi connectivity index (χ4v) is 2.68. The number of carbonyl (C=O) groups excluding carboxylic acids is 1. The van der Waals surface area contributed by atoms with E-state index in [9.17, 15) is 4.79 Å². The van der Waals surface area contributed by atoms with Gasteiger partial charge in [-0.1, -0.05) is 55.5 Å². The minimum atomic E-state index is -0.111. The van der Waals surface area contributed by atoms with Gasteiger partial charge in [0.05, 0.1) is 16.8 Å². The van der Waals surface area contributed by atoms with Gasteiger partial charge in [-0.2, -0.15) is 0 Å². The first-order valence-electron chi connectivity index (χ1n) is 8.11. The standard InChI is InChI=1S/C21H20N2O/c1-3-13-22-21(24)18-14-20(16-11-9-15(4-2)10-12-16)23-19-8-6-5-7-17(18)19/h3,5-12,14H,1,4,13H2,2H3,(H,22,24). The number of fused-ring (bicyclic) bond motifs is 1. The quantitative estimate of drug-likeness (QED) is 0.710. The Morgan fingerprint density at radius 3 is 2.62 bits per heavy atom. The highest BCUT2D eigenvalue weighted by atomic mass is 16.1. The molecule has 0 unspecified atom stereocenters. The van der Waals surface area contributed by atoms with Crippen molar-refractivity contribution in [3.8, 4) is 11.3 Å². The number of benzene rings is 2. The molecule has 2 aromatic carbocycles. The number of nitrogens with zero attached hydrogens (tertiary/aromatic N) is 1. The lowest BCUT2D eigenvalue weighted by Crippen LogP contribution is -2.23. The Hall–Kier alpha value is -2.94. The Morgan fingerprint density at radius 1 is 1.17 bits per heavy atom. The summed E-state index contributed by atoms with van der Waals surface area (Å²) in [5.41, 5.74) is 4.55. The fourth-order valence-electron chi connectivity index (χ4n) is 2.68. The van der Waals surface area contributed by atoms with Crippen LogP contribution < -0.4 is 5.32 Å². The molecule has 0 saturated carbocycles. The Morgan fingerprint density at radius 2 is 1.92 bits per heavy atom. The monoisotopic (exact) mass is 316 g/mol. The van der Waals surface area contributed by atoms with Crippen LogP contribution in [0, 0.1) is 0 Å². The van der Waals surface area contributed by atoms with Crippen LogP contribution in [0.25, 0.3) is 22.2 Å². The largest absolute Gasteiger partial charge is 0.349 e. The Labute approximate surface area is 142 Å². The molecule has 3 heteroatoms. The molecule has 0 aliphatic heterocycles. The van der Waals surface area contributed by atoms with Crippen LogP contribution in [0.4, 0.5) is 0 Å². The Kier molecular flexibility index (Phi) is 4.71. The molecule has 1 aromatic heterocycles. The summed E-state index contributed by atoms with van der Waals surface area (Å²) in [5, 5.41) is 3.71. The number of hydrogen-bond donors (Lipinski definition) is 1. The summed E-state index contributed by atoms with van der Waals surface area (Å²) in [5.74, 6) is -0.111. The van der Waals surface area contributed by atoms with E-state index < -0.39 is 0 Å². The van der Waals surface area contributed by atoms with Gasteiger partial charge in [0.2, 0.25) is 0 Å². The van der Waals surface area contributed by atoms with Crippen LogP contribution in [0.15, 0.2) is 67.3 Å². The van der Waals surface area contributed by atoms with E-state index in [-0.39, 0.29) is 5.91 Å². The van der Waals surface area contributed by atoms with Gasteiger partial charge >= 0.3 is 0 Å². The van der Waals surface area contributed by atoms with Crippen LogP contribution in [0.2, 0.25) is 0 Å². The lowest BCUT2D eigenvalue weighted by molar-refractivity contribution is 0.0959. The first kappa shape index (κ1) is 15.9.